The van der Waals surface area contributed by atoms with Gasteiger partial charge in [0.1, 0.15) is 0 Å². The molecular formula is C15H25BN2O2. The molecule has 110 valence electrons. The van der Waals surface area contributed by atoms with Crippen molar-refractivity contribution in [2.75, 3.05) is 0 Å². The molecule has 1 aromatic heterocycles. The molecule has 2 rings (SSSR count). The Balaban J connectivity index is 2.22. The molecule has 1 aliphatic heterocycles. The lowest BCUT2D eigenvalue weighted by Crippen LogP contribution is -2.41. The van der Waals surface area contributed by atoms with Crippen LogP contribution in [0.4, 0.5) is 0 Å². The van der Waals surface area contributed by atoms with Crippen LogP contribution < -0.4 is 11.3 Å². The summed E-state index contributed by atoms with van der Waals surface area (Å²) in [5.74, 6) is 0. The second kappa shape index (κ2) is 5.13. The Hall–Kier alpha value is -0.905. The van der Waals surface area contributed by atoms with Gasteiger partial charge in [-0.2, -0.15) is 0 Å². The Bertz CT molecular complexity index is 485. The summed E-state index contributed by atoms with van der Waals surface area (Å²) in [7, 11) is -0.400. The predicted molar refractivity (Wildman–Crippen MR) is 82.0 cm³/mol. The third-order valence-corrected chi connectivity index (χ3v) is 4.25. The third kappa shape index (κ3) is 2.90. The van der Waals surface area contributed by atoms with Gasteiger partial charge in [-0.25, -0.2) is 0 Å². The Labute approximate surface area is 122 Å². The van der Waals surface area contributed by atoms with E-state index in [0.717, 1.165) is 17.7 Å². The van der Waals surface area contributed by atoms with Gasteiger partial charge in [-0.3, -0.25) is 4.98 Å². The van der Waals surface area contributed by atoms with E-state index >= 15 is 0 Å². The fourth-order valence-electron chi connectivity index (χ4n) is 2.27. The van der Waals surface area contributed by atoms with Crippen LogP contribution in [0, 0.1) is 6.92 Å². The van der Waals surface area contributed by atoms with E-state index in [4.69, 9.17) is 15.0 Å². The molecular weight excluding hydrogens is 251 g/mol. The molecule has 20 heavy (non-hydrogen) atoms. The molecule has 0 aliphatic carbocycles. The topological polar surface area (TPSA) is 57.4 Å². The molecule has 2 N–H and O–H groups in total. The number of aryl methyl sites for hydroxylation is 1. The van der Waals surface area contributed by atoms with Crippen molar-refractivity contribution in [3.8, 4) is 0 Å². The molecule has 0 spiro atoms. The van der Waals surface area contributed by atoms with Crippen molar-refractivity contribution in [1.29, 1.82) is 0 Å². The van der Waals surface area contributed by atoms with Crippen LogP contribution >= 0.6 is 0 Å². The highest BCUT2D eigenvalue weighted by Gasteiger charge is 2.52. The number of nitrogens with zero attached hydrogens (tertiary/aromatic N) is 1. The zero-order valence-corrected chi connectivity index (χ0v) is 13.4. The fourth-order valence-corrected chi connectivity index (χ4v) is 2.27. The summed E-state index contributed by atoms with van der Waals surface area (Å²) >= 11 is 0. The molecule has 0 bridgehead atoms. The summed E-state index contributed by atoms with van der Waals surface area (Å²) < 4.78 is 12.0. The maximum absolute atomic E-state index is 6.02. The Morgan fingerprint density at radius 3 is 2.20 bits per heavy atom. The van der Waals surface area contributed by atoms with E-state index < -0.39 is 7.12 Å². The van der Waals surface area contributed by atoms with E-state index in [1.54, 1.807) is 0 Å². The quantitative estimate of drug-likeness (QED) is 0.852. The first-order valence-corrected chi connectivity index (χ1v) is 7.20. The SMILES string of the molecule is Cc1nc(B2OC(C)(C)C(C)(C)O2)ccc1CC(C)N. The van der Waals surface area contributed by atoms with Crippen LogP contribution in [-0.4, -0.2) is 29.3 Å². The molecule has 1 atom stereocenters. The smallest absolute Gasteiger partial charge is 0.398 e. The summed E-state index contributed by atoms with van der Waals surface area (Å²) in [6, 6.07) is 4.19. The van der Waals surface area contributed by atoms with Gasteiger partial charge in [0.15, 0.2) is 0 Å². The molecule has 1 unspecified atom stereocenters. The van der Waals surface area contributed by atoms with Crippen molar-refractivity contribution in [3.05, 3.63) is 23.4 Å². The fraction of sp³-hybridized carbons (Fsp3) is 0.667. The number of nitrogens with two attached hydrogens (primary N) is 1. The second-order valence-corrected chi connectivity index (χ2v) is 6.75. The highest BCUT2D eigenvalue weighted by atomic mass is 16.7. The number of aromatic nitrogens is 1. The van der Waals surface area contributed by atoms with Crippen LogP contribution in [0.15, 0.2) is 12.1 Å². The first-order chi connectivity index (χ1) is 9.12. The monoisotopic (exact) mass is 276 g/mol. The minimum absolute atomic E-state index is 0.137. The van der Waals surface area contributed by atoms with Gasteiger partial charge in [-0.05, 0) is 59.6 Å². The predicted octanol–water partition coefficient (Wildman–Crippen LogP) is 1.58. The van der Waals surface area contributed by atoms with Gasteiger partial charge < -0.3 is 15.0 Å². The zero-order chi connectivity index (χ0) is 15.1. The highest BCUT2D eigenvalue weighted by molar-refractivity contribution is 6.61. The molecule has 1 saturated heterocycles. The van der Waals surface area contributed by atoms with Gasteiger partial charge in [-0.1, -0.05) is 6.07 Å². The molecule has 1 fully saturated rings. The molecule has 4 nitrogen and oxygen atoms in total. The van der Waals surface area contributed by atoms with E-state index in [1.807, 2.05) is 47.6 Å². The second-order valence-electron chi connectivity index (χ2n) is 6.75. The van der Waals surface area contributed by atoms with Gasteiger partial charge in [-0.15, -0.1) is 0 Å². The molecule has 5 heteroatoms. The average molecular weight is 276 g/mol. The Kier molecular flexibility index (Phi) is 3.97. The van der Waals surface area contributed by atoms with Crippen molar-refractivity contribution in [1.82, 2.24) is 4.98 Å². The summed E-state index contributed by atoms with van der Waals surface area (Å²) in [6.45, 7) is 12.2. The first kappa shape index (κ1) is 15.5. The first-order valence-electron chi connectivity index (χ1n) is 7.20. The highest BCUT2D eigenvalue weighted by Crippen LogP contribution is 2.36. The summed E-state index contributed by atoms with van der Waals surface area (Å²) in [5, 5.41) is 0. The summed E-state index contributed by atoms with van der Waals surface area (Å²) in [6.07, 6.45) is 0.836. The van der Waals surface area contributed by atoms with Crippen LogP contribution in [-0.2, 0) is 15.7 Å². The van der Waals surface area contributed by atoms with Gasteiger partial charge >= 0.3 is 7.12 Å². The van der Waals surface area contributed by atoms with E-state index in [-0.39, 0.29) is 17.2 Å². The lowest BCUT2D eigenvalue weighted by molar-refractivity contribution is 0.00578. The molecule has 0 saturated carbocycles. The molecule has 1 aromatic rings. The number of rotatable bonds is 3. The van der Waals surface area contributed by atoms with Crippen molar-refractivity contribution >= 4 is 12.7 Å². The normalized spacial score (nSPS) is 22.1. The van der Waals surface area contributed by atoms with Crippen molar-refractivity contribution in [2.24, 2.45) is 5.73 Å². The van der Waals surface area contributed by atoms with Gasteiger partial charge in [0, 0.05) is 11.7 Å². The number of pyridine rings is 1. The zero-order valence-electron chi connectivity index (χ0n) is 13.4. The van der Waals surface area contributed by atoms with Crippen molar-refractivity contribution in [3.63, 3.8) is 0 Å². The molecule has 0 amide bonds. The van der Waals surface area contributed by atoms with Crippen LogP contribution in [0.2, 0.25) is 0 Å². The van der Waals surface area contributed by atoms with Crippen LogP contribution in [0.3, 0.4) is 0 Å². The molecule has 0 aromatic carbocycles. The lowest BCUT2D eigenvalue weighted by Gasteiger charge is -2.32. The standard InChI is InChI=1S/C15H25BN2O2/c1-10(17)9-12-7-8-13(18-11(12)2)16-19-14(3,4)15(5,6)20-16/h7-8,10H,9,17H2,1-6H3. The minimum atomic E-state index is -0.400. The molecule has 0 radical (unpaired) electrons. The van der Waals surface area contributed by atoms with E-state index in [0.29, 0.717) is 0 Å². The maximum atomic E-state index is 6.02. The number of hydrogen-bond acceptors (Lipinski definition) is 4. The Morgan fingerprint density at radius 1 is 1.20 bits per heavy atom. The van der Waals surface area contributed by atoms with Crippen molar-refractivity contribution in [2.45, 2.75) is 65.2 Å². The summed E-state index contributed by atoms with van der Waals surface area (Å²) in [5.41, 5.74) is 8.18. The number of hydrogen-bond donors (Lipinski definition) is 1. The Morgan fingerprint density at radius 2 is 1.75 bits per heavy atom. The van der Waals surface area contributed by atoms with Gasteiger partial charge in [0.25, 0.3) is 0 Å². The molecule has 2 heterocycles. The maximum Gasteiger partial charge on any atom is 0.514 e. The van der Waals surface area contributed by atoms with Gasteiger partial charge in [0.2, 0.25) is 0 Å². The average Bonchev–Trinajstić information content (AvgIpc) is 2.50. The van der Waals surface area contributed by atoms with E-state index in [1.165, 1.54) is 5.56 Å². The van der Waals surface area contributed by atoms with Crippen LogP contribution in [0.5, 0.6) is 0 Å². The third-order valence-electron chi connectivity index (χ3n) is 4.25. The molecule has 1 aliphatic rings. The van der Waals surface area contributed by atoms with Crippen LogP contribution in [0.1, 0.15) is 45.9 Å². The van der Waals surface area contributed by atoms with Crippen molar-refractivity contribution < 1.29 is 9.31 Å². The summed E-state index contributed by atoms with van der Waals surface area (Å²) in [4.78, 5) is 4.63. The minimum Gasteiger partial charge on any atom is -0.398 e. The largest absolute Gasteiger partial charge is 0.514 e. The van der Waals surface area contributed by atoms with E-state index in [9.17, 15) is 0 Å². The van der Waals surface area contributed by atoms with Gasteiger partial charge in [0.05, 0.1) is 16.8 Å². The van der Waals surface area contributed by atoms with E-state index in [2.05, 4.69) is 11.1 Å². The lowest BCUT2D eigenvalue weighted by atomic mass is 9.83. The van der Waals surface area contributed by atoms with Crippen LogP contribution in [0.25, 0.3) is 0 Å².